The normalized spacial score (nSPS) is 10.9. The number of amides is 1. The molecule has 2 heterocycles. The van der Waals surface area contributed by atoms with Crippen LogP contribution in [0.4, 0.5) is 0 Å². The second-order valence-electron chi connectivity index (χ2n) is 5.68. The van der Waals surface area contributed by atoms with E-state index in [0.717, 1.165) is 27.5 Å². The first-order valence-electron chi connectivity index (χ1n) is 7.99. The van der Waals surface area contributed by atoms with Crippen molar-refractivity contribution in [2.45, 2.75) is 6.54 Å². The van der Waals surface area contributed by atoms with Crippen LogP contribution in [-0.4, -0.2) is 17.5 Å². The number of hydrogen-bond acceptors (Lipinski definition) is 4. The number of benzene rings is 2. The summed E-state index contributed by atoms with van der Waals surface area (Å²) in [6, 6.07) is 17.2. The topological polar surface area (TPSA) is 64.4 Å². The van der Waals surface area contributed by atoms with Gasteiger partial charge in [-0.15, -0.1) is 0 Å². The number of para-hydroxylation sites is 1. The first-order valence-corrected chi connectivity index (χ1v) is 7.99. The molecule has 0 radical (unpaired) electrons. The van der Waals surface area contributed by atoms with E-state index < -0.39 is 0 Å². The Morgan fingerprint density at radius 2 is 1.92 bits per heavy atom. The Labute approximate surface area is 144 Å². The summed E-state index contributed by atoms with van der Waals surface area (Å²) in [5.74, 6) is 0.455. The number of ether oxygens (including phenoxy) is 1. The van der Waals surface area contributed by atoms with E-state index >= 15 is 0 Å². The van der Waals surface area contributed by atoms with Gasteiger partial charge in [-0.2, -0.15) is 0 Å². The minimum atomic E-state index is -0.180. The summed E-state index contributed by atoms with van der Waals surface area (Å²) >= 11 is 0. The number of fused-ring (bicyclic) bond motifs is 3. The summed E-state index contributed by atoms with van der Waals surface area (Å²) < 4.78 is 11.4. The van der Waals surface area contributed by atoms with Gasteiger partial charge in [-0.05, 0) is 35.9 Å². The lowest BCUT2D eigenvalue weighted by molar-refractivity contribution is -0.123. The molecule has 2 aromatic carbocycles. The Bertz CT molecular complexity index is 1020. The Balaban J connectivity index is 1.42. The van der Waals surface area contributed by atoms with Crippen molar-refractivity contribution in [3.63, 3.8) is 0 Å². The van der Waals surface area contributed by atoms with Crippen molar-refractivity contribution in [1.82, 2.24) is 10.3 Å². The van der Waals surface area contributed by atoms with Gasteiger partial charge in [0.25, 0.3) is 5.91 Å². The molecule has 0 aliphatic heterocycles. The fourth-order valence-corrected chi connectivity index (χ4v) is 2.70. The number of carbonyl (C=O) groups is 1. The Morgan fingerprint density at radius 3 is 2.80 bits per heavy atom. The van der Waals surface area contributed by atoms with Crippen molar-refractivity contribution >= 4 is 27.8 Å². The van der Waals surface area contributed by atoms with E-state index in [1.165, 1.54) is 0 Å². The van der Waals surface area contributed by atoms with Crippen LogP contribution in [0.15, 0.2) is 71.4 Å². The Hall–Kier alpha value is -3.34. The van der Waals surface area contributed by atoms with E-state index in [0.29, 0.717) is 12.3 Å². The van der Waals surface area contributed by atoms with Gasteiger partial charge in [-0.25, -0.2) is 0 Å². The molecule has 1 amide bonds. The van der Waals surface area contributed by atoms with E-state index in [-0.39, 0.29) is 12.5 Å². The molecule has 0 fully saturated rings. The minimum Gasteiger partial charge on any atom is -0.484 e. The van der Waals surface area contributed by atoms with E-state index in [2.05, 4.69) is 10.3 Å². The van der Waals surface area contributed by atoms with Crippen molar-refractivity contribution in [2.75, 3.05) is 6.61 Å². The van der Waals surface area contributed by atoms with E-state index in [1.54, 1.807) is 18.5 Å². The Morgan fingerprint density at radius 1 is 1.04 bits per heavy atom. The van der Waals surface area contributed by atoms with Gasteiger partial charge in [-0.3, -0.25) is 9.78 Å². The molecule has 5 heteroatoms. The number of furan rings is 1. The van der Waals surface area contributed by atoms with E-state index in [9.17, 15) is 4.79 Å². The average Bonchev–Trinajstić information content (AvgIpc) is 3.03. The molecule has 0 saturated carbocycles. The standard InChI is InChI=1S/C20H16N2O3/c23-20(22-12-14-4-3-9-21-11-14)13-24-15-7-8-19-17(10-15)16-5-1-2-6-18(16)25-19/h1-11H,12-13H2,(H,22,23). The van der Waals surface area contributed by atoms with Crippen molar-refractivity contribution < 1.29 is 13.9 Å². The third-order valence-electron chi connectivity index (χ3n) is 3.93. The molecular formula is C20H16N2O3. The first kappa shape index (κ1) is 15.2. The number of nitrogens with one attached hydrogen (secondary N) is 1. The van der Waals surface area contributed by atoms with Gasteiger partial charge >= 0.3 is 0 Å². The molecular weight excluding hydrogens is 316 g/mol. The predicted octanol–water partition coefficient (Wildman–Crippen LogP) is 3.68. The van der Waals surface area contributed by atoms with Crippen LogP contribution in [0.3, 0.4) is 0 Å². The molecule has 0 aliphatic carbocycles. The summed E-state index contributed by atoms with van der Waals surface area (Å²) in [6.07, 6.45) is 3.42. The monoisotopic (exact) mass is 332 g/mol. The van der Waals surface area contributed by atoms with Crippen molar-refractivity contribution in [3.8, 4) is 5.75 Å². The zero-order valence-corrected chi connectivity index (χ0v) is 13.4. The van der Waals surface area contributed by atoms with E-state index in [4.69, 9.17) is 9.15 Å². The number of aromatic nitrogens is 1. The quantitative estimate of drug-likeness (QED) is 0.605. The van der Waals surface area contributed by atoms with Crippen LogP contribution in [0, 0.1) is 0 Å². The lowest BCUT2D eigenvalue weighted by Gasteiger charge is -2.07. The summed E-state index contributed by atoms with van der Waals surface area (Å²) in [6.45, 7) is 0.392. The van der Waals surface area contributed by atoms with Crippen molar-refractivity contribution in [1.29, 1.82) is 0 Å². The number of nitrogens with zero attached hydrogens (tertiary/aromatic N) is 1. The highest BCUT2D eigenvalue weighted by molar-refractivity contribution is 6.05. The molecule has 4 rings (SSSR count). The molecule has 0 unspecified atom stereocenters. The summed E-state index contributed by atoms with van der Waals surface area (Å²) in [5.41, 5.74) is 2.58. The molecule has 0 spiro atoms. The molecule has 25 heavy (non-hydrogen) atoms. The maximum atomic E-state index is 11.9. The van der Waals surface area contributed by atoms with Crippen LogP contribution in [0.25, 0.3) is 21.9 Å². The number of hydrogen-bond donors (Lipinski definition) is 1. The molecule has 0 saturated heterocycles. The highest BCUT2D eigenvalue weighted by atomic mass is 16.5. The second-order valence-corrected chi connectivity index (χ2v) is 5.68. The molecule has 2 aromatic heterocycles. The highest BCUT2D eigenvalue weighted by Crippen LogP contribution is 2.31. The van der Waals surface area contributed by atoms with Gasteiger partial charge in [0.2, 0.25) is 0 Å². The fraction of sp³-hybridized carbons (Fsp3) is 0.100. The molecule has 0 atom stereocenters. The molecule has 5 nitrogen and oxygen atoms in total. The van der Waals surface area contributed by atoms with E-state index in [1.807, 2.05) is 48.5 Å². The predicted molar refractivity (Wildman–Crippen MR) is 95.3 cm³/mol. The highest BCUT2D eigenvalue weighted by Gasteiger charge is 2.08. The Kier molecular flexibility index (Phi) is 4.04. The van der Waals surface area contributed by atoms with Gasteiger partial charge < -0.3 is 14.5 Å². The van der Waals surface area contributed by atoms with Gasteiger partial charge in [0.15, 0.2) is 6.61 Å². The smallest absolute Gasteiger partial charge is 0.258 e. The largest absolute Gasteiger partial charge is 0.484 e. The third-order valence-corrected chi connectivity index (χ3v) is 3.93. The van der Waals surface area contributed by atoms with Crippen molar-refractivity contribution in [3.05, 3.63) is 72.6 Å². The van der Waals surface area contributed by atoms with Gasteiger partial charge in [0.1, 0.15) is 16.9 Å². The third kappa shape index (κ3) is 3.30. The zero-order chi connectivity index (χ0) is 17.1. The zero-order valence-electron chi connectivity index (χ0n) is 13.4. The maximum absolute atomic E-state index is 11.9. The number of carbonyl (C=O) groups excluding carboxylic acids is 1. The number of pyridine rings is 1. The lowest BCUT2D eigenvalue weighted by atomic mass is 10.1. The van der Waals surface area contributed by atoms with Crippen LogP contribution in [0.5, 0.6) is 5.75 Å². The summed E-state index contributed by atoms with van der Waals surface area (Å²) in [4.78, 5) is 16.0. The average molecular weight is 332 g/mol. The van der Waals surface area contributed by atoms with Crippen LogP contribution >= 0.6 is 0 Å². The van der Waals surface area contributed by atoms with Crippen LogP contribution in [0.1, 0.15) is 5.56 Å². The molecule has 1 N–H and O–H groups in total. The molecule has 4 aromatic rings. The first-order chi connectivity index (χ1) is 12.3. The van der Waals surface area contributed by atoms with Gasteiger partial charge in [-0.1, -0.05) is 24.3 Å². The van der Waals surface area contributed by atoms with Gasteiger partial charge in [0.05, 0.1) is 0 Å². The van der Waals surface area contributed by atoms with Crippen LogP contribution < -0.4 is 10.1 Å². The fourth-order valence-electron chi connectivity index (χ4n) is 2.70. The molecule has 0 bridgehead atoms. The summed E-state index contributed by atoms with van der Waals surface area (Å²) in [7, 11) is 0. The number of rotatable bonds is 5. The van der Waals surface area contributed by atoms with Crippen LogP contribution in [-0.2, 0) is 11.3 Å². The molecule has 124 valence electrons. The summed E-state index contributed by atoms with van der Waals surface area (Å²) in [5, 5.41) is 4.82. The maximum Gasteiger partial charge on any atom is 0.258 e. The molecule has 0 aliphatic rings. The van der Waals surface area contributed by atoms with Gasteiger partial charge in [0, 0.05) is 29.7 Å². The van der Waals surface area contributed by atoms with Crippen LogP contribution in [0.2, 0.25) is 0 Å². The second kappa shape index (κ2) is 6.65. The van der Waals surface area contributed by atoms with Crippen molar-refractivity contribution in [2.24, 2.45) is 0 Å². The SMILES string of the molecule is O=C(COc1ccc2oc3ccccc3c2c1)NCc1cccnc1. The minimum absolute atomic E-state index is 0.0401. The lowest BCUT2D eigenvalue weighted by Crippen LogP contribution is -2.28.